The lowest BCUT2D eigenvalue weighted by molar-refractivity contribution is -0.137. The number of aromatic nitrogens is 1. The van der Waals surface area contributed by atoms with Gasteiger partial charge in [0.1, 0.15) is 5.25 Å². The summed E-state index contributed by atoms with van der Waals surface area (Å²) in [6, 6.07) is 18.0. The first-order valence-corrected chi connectivity index (χ1v) is 14.4. The summed E-state index contributed by atoms with van der Waals surface area (Å²) in [6.07, 6.45) is -4.64. The molecule has 3 aromatic carbocycles. The molecule has 204 valence electrons. The maximum atomic E-state index is 13.9. The van der Waals surface area contributed by atoms with Crippen LogP contribution in [-0.4, -0.2) is 21.6 Å². The second-order valence-corrected chi connectivity index (χ2v) is 12.4. The number of nitrogens with zero attached hydrogens (tertiary/aromatic N) is 2. The third-order valence-corrected chi connectivity index (χ3v) is 10.1. The predicted molar refractivity (Wildman–Crippen MR) is 149 cm³/mol. The number of halogens is 5. The molecule has 4 aromatic rings. The zero-order valence-corrected chi connectivity index (χ0v) is 23.3. The Hall–Kier alpha value is -3.05. The molecule has 0 bridgehead atoms. The van der Waals surface area contributed by atoms with Gasteiger partial charge < -0.3 is 0 Å². The van der Waals surface area contributed by atoms with E-state index in [1.165, 1.54) is 12.1 Å². The molecular weight excluding hydrogens is 604 g/mol. The monoisotopic (exact) mass is 620 g/mol. The van der Waals surface area contributed by atoms with Crippen LogP contribution in [0.1, 0.15) is 27.5 Å². The smallest absolute Gasteiger partial charge is 0.289 e. The largest absolute Gasteiger partial charge is 0.416 e. The van der Waals surface area contributed by atoms with Gasteiger partial charge in [0.15, 0.2) is 0 Å². The molecule has 3 atom stereocenters. The number of imide groups is 1. The first kappa shape index (κ1) is 27.1. The number of benzene rings is 3. The normalized spacial score (nSPS) is 20.5. The lowest BCUT2D eigenvalue weighted by Crippen LogP contribution is -2.32. The summed E-state index contributed by atoms with van der Waals surface area (Å²) in [5.74, 6) is -2.84. The Labute approximate surface area is 244 Å². The van der Waals surface area contributed by atoms with Crippen molar-refractivity contribution in [3.63, 3.8) is 0 Å². The average Bonchev–Trinajstić information content (AvgIpc) is 3.36. The van der Waals surface area contributed by atoms with E-state index in [1.807, 2.05) is 0 Å². The number of carbonyl (C=O) groups excluding carboxylic acids is 2. The molecule has 2 aliphatic rings. The van der Waals surface area contributed by atoms with Gasteiger partial charge in [0.05, 0.1) is 28.7 Å². The lowest BCUT2D eigenvalue weighted by Gasteiger charge is -2.30. The zero-order chi connectivity index (χ0) is 28.3. The summed E-state index contributed by atoms with van der Waals surface area (Å²) < 4.78 is 41.9. The second-order valence-electron chi connectivity index (χ2n) is 9.40. The fourth-order valence-electron chi connectivity index (χ4n) is 5.13. The summed E-state index contributed by atoms with van der Waals surface area (Å²) in [5.41, 5.74) is 0.389. The molecule has 0 aliphatic carbocycles. The molecular formula is C28H17Cl2F3N2O3S2. The third kappa shape index (κ3) is 4.66. The fourth-order valence-corrected chi connectivity index (χ4v) is 8.16. The van der Waals surface area contributed by atoms with Crippen LogP contribution >= 0.6 is 46.3 Å². The number of amides is 2. The van der Waals surface area contributed by atoms with Crippen LogP contribution in [0.3, 0.4) is 0 Å². The number of fused-ring (bicyclic) bond motifs is 2. The summed E-state index contributed by atoms with van der Waals surface area (Å²) in [6.45, 7) is 0.221. The first-order chi connectivity index (χ1) is 19.0. The summed E-state index contributed by atoms with van der Waals surface area (Å²) in [5, 5.41) is 0.630. The van der Waals surface area contributed by atoms with E-state index >= 15 is 0 Å². The van der Waals surface area contributed by atoms with E-state index in [0.29, 0.717) is 25.5 Å². The molecule has 0 N–H and O–H groups in total. The molecule has 12 heteroatoms. The van der Waals surface area contributed by atoms with Gasteiger partial charge >= 0.3 is 11.0 Å². The van der Waals surface area contributed by atoms with Crippen LogP contribution in [0.4, 0.5) is 18.9 Å². The molecule has 2 amide bonds. The molecule has 40 heavy (non-hydrogen) atoms. The Morgan fingerprint density at radius 2 is 1.50 bits per heavy atom. The van der Waals surface area contributed by atoms with Gasteiger partial charge in [-0.25, -0.2) is 4.90 Å². The number of alkyl halides is 3. The number of anilines is 1. The van der Waals surface area contributed by atoms with E-state index in [2.05, 4.69) is 0 Å². The number of carbonyl (C=O) groups is 2. The molecule has 0 radical (unpaired) electrons. The Morgan fingerprint density at radius 1 is 0.850 bits per heavy atom. The first-order valence-electron chi connectivity index (χ1n) is 12.0. The summed E-state index contributed by atoms with van der Waals surface area (Å²) in [4.78, 5) is 42.1. The SMILES string of the molecule is O=C1[C@H]2[C@@H](c3ccc(Cl)cc3)c3sc(=O)n(Cc4ccc(Cl)cc4)c3S[C@H]2C(=O)N1c1cccc(C(F)(F)F)c1. The van der Waals surface area contributed by atoms with Gasteiger partial charge in [-0.3, -0.25) is 19.0 Å². The van der Waals surface area contributed by atoms with E-state index in [1.54, 1.807) is 53.1 Å². The van der Waals surface area contributed by atoms with Crippen molar-refractivity contribution < 1.29 is 22.8 Å². The average molecular weight is 621 g/mol. The highest BCUT2D eigenvalue weighted by molar-refractivity contribution is 8.00. The minimum Gasteiger partial charge on any atom is -0.289 e. The number of thiazole rings is 1. The minimum absolute atomic E-state index is 0.142. The Kier molecular flexibility index (Phi) is 6.85. The molecule has 2 aliphatic heterocycles. The zero-order valence-electron chi connectivity index (χ0n) is 20.2. The van der Waals surface area contributed by atoms with E-state index in [4.69, 9.17) is 23.2 Å². The molecule has 0 saturated carbocycles. The van der Waals surface area contributed by atoms with Crippen molar-refractivity contribution in [2.24, 2.45) is 5.92 Å². The summed E-state index contributed by atoms with van der Waals surface area (Å²) in [7, 11) is 0. The van der Waals surface area contributed by atoms with Gasteiger partial charge in [-0.05, 0) is 53.6 Å². The van der Waals surface area contributed by atoms with Crippen molar-refractivity contribution >= 4 is 63.8 Å². The quantitative estimate of drug-likeness (QED) is 0.229. The van der Waals surface area contributed by atoms with E-state index < -0.39 is 40.6 Å². The number of hydrogen-bond donors (Lipinski definition) is 0. The van der Waals surface area contributed by atoms with Crippen molar-refractivity contribution in [1.29, 1.82) is 0 Å². The maximum absolute atomic E-state index is 13.9. The topological polar surface area (TPSA) is 59.4 Å². The van der Waals surface area contributed by atoms with Crippen LogP contribution in [0.15, 0.2) is 82.6 Å². The second kappa shape index (κ2) is 10.1. The number of thioether (sulfide) groups is 1. The van der Waals surface area contributed by atoms with E-state index in [0.717, 1.165) is 45.7 Å². The van der Waals surface area contributed by atoms with Crippen molar-refractivity contribution in [2.75, 3.05) is 4.90 Å². The van der Waals surface area contributed by atoms with Crippen LogP contribution in [-0.2, 0) is 22.3 Å². The van der Waals surface area contributed by atoms with Crippen molar-refractivity contribution in [1.82, 2.24) is 4.57 Å². The van der Waals surface area contributed by atoms with Crippen LogP contribution in [0.5, 0.6) is 0 Å². The molecule has 3 heterocycles. The van der Waals surface area contributed by atoms with Gasteiger partial charge in [-0.2, -0.15) is 13.2 Å². The van der Waals surface area contributed by atoms with Gasteiger partial charge in [-0.15, -0.1) is 0 Å². The summed E-state index contributed by atoms with van der Waals surface area (Å²) >= 11 is 14.2. The van der Waals surface area contributed by atoms with Gasteiger partial charge in [0, 0.05) is 20.8 Å². The van der Waals surface area contributed by atoms with Crippen molar-refractivity contribution in [2.45, 2.75) is 28.9 Å². The Balaban J connectivity index is 1.47. The standard InChI is InChI=1S/C28H17Cl2F3N2O3S2/c29-17-8-4-14(5-9-17)13-34-26-23(40-27(34)38)20(15-6-10-18(30)11-7-15)21-22(39-26)25(37)35(24(21)36)19-3-1-2-16(12-19)28(31,32)33/h1-12,20-22H,13H2/t20-,21+,22-/m1/s1. The van der Waals surface area contributed by atoms with Crippen LogP contribution in [0.25, 0.3) is 0 Å². The molecule has 0 unspecified atom stereocenters. The number of rotatable bonds is 4. The van der Waals surface area contributed by atoms with E-state index in [-0.39, 0.29) is 17.1 Å². The molecule has 1 fully saturated rings. The highest BCUT2D eigenvalue weighted by Gasteiger charge is 2.57. The van der Waals surface area contributed by atoms with Crippen molar-refractivity contribution in [3.05, 3.63) is 114 Å². The fraction of sp³-hybridized carbons (Fsp3) is 0.179. The van der Waals surface area contributed by atoms with Gasteiger partial charge in [-0.1, -0.05) is 76.6 Å². The Bertz CT molecular complexity index is 1700. The molecule has 1 saturated heterocycles. The predicted octanol–water partition coefficient (Wildman–Crippen LogP) is 7.08. The molecule has 5 nitrogen and oxygen atoms in total. The van der Waals surface area contributed by atoms with Crippen LogP contribution in [0.2, 0.25) is 10.0 Å². The van der Waals surface area contributed by atoms with Crippen molar-refractivity contribution in [3.8, 4) is 0 Å². The van der Waals surface area contributed by atoms with Gasteiger partial charge in [0.2, 0.25) is 11.8 Å². The van der Waals surface area contributed by atoms with Gasteiger partial charge in [0.25, 0.3) is 0 Å². The molecule has 0 spiro atoms. The molecule has 6 rings (SSSR count). The highest BCUT2D eigenvalue weighted by atomic mass is 35.5. The highest BCUT2D eigenvalue weighted by Crippen LogP contribution is 2.54. The number of hydrogen-bond acceptors (Lipinski definition) is 5. The Morgan fingerprint density at radius 3 is 2.15 bits per heavy atom. The maximum Gasteiger partial charge on any atom is 0.416 e. The molecule has 1 aromatic heterocycles. The minimum atomic E-state index is -4.64. The lowest BCUT2D eigenvalue weighted by atomic mass is 9.83. The van der Waals surface area contributed by atoms with Crippen LogP contribution < -0.4 is 9.77 Å². The third-order valence-electron chi connectivity index (χ3n) is 6.96. The van der Waals surface area contributed by atoms with Crippen LogP contribution in [0, 0.1) is 5.92 Å². The van der Waals surface area contributed by atoms with E-state index in [9.17, 15) is 27.6 Å².